The van der Waals surface area contributed by atoms with Gasteiger partial charge in [-0.3, -0.25) is 52.8 Å². The molecule has 0 spiro atoms. The number of amides is 10. The number of likely N-dealkylation sites (N-methyl/N-ethyl adjacent to an activating group) is 1. The normalized spacial score (nSPS) is 16.7. The van der Waals surface area contributed by atoms with Crippen LogP contribution in [-0.2, 0) is 43.2 Å². The molecular weight excluding hydrogens is 1080 g/mol. The van der Waals surface area contributed by atoms with Gasteiger partial charge in [0, 0.05) is 39.5 Å². The minimum Gasteiger partial charge on any atom is -0.448 e. The third-order valence-electron chi connectivity index (χ3n) is 14.8. The number of halogens is 2. The minimum atomic E-state index is -2.51. The number of hydrogen-bond acceptors (Lipinski definition) is 13. The highest BCUT2D eigenvalue weighted by molar-refractivity contribution is 6.03. The van der Waals surface area contributed by atoms with E-state index in [1.165, 1.54) is 64.7 Å². The first-order valence-electron chi connectivity index (χ1n) is 29.6. The molecule has 1 aromatic heterocycles. The summed E-state index contributed by atoms with van der Waals surface area (Å²) >= 11 is 0. The molecule has 1 saturated carbocycles. The van der Waals surface area contributed by atoms with Gasteiger partial charge in [-0.25, -0.2) is 13.8 Å². The van der Waals surface area contributed by atoms with Crippen molar-refractivity contribution in [2.45, 2.75) is 221 Å². The standard InChI is InChI=1S/C58H98F2N12O11/c1-34(2)29-40(49(76)65-42(31-36(5)6)51(78)69-58(12,13)55(82)70-56(8,9)53(80)62-25-24-46(73)61-26-28-71(14)32-44(59)60)66-54(81)57(10,11)68-50(77)41(30-35(3)4)64-47(74)39(23-22-38-19-16-15-17-20-38)48(75)67-45-21-18-27-72(45)52(79)43-33-83-37(7)63-43/h33-36,38-42,44-45H,15-32H2,1-14H3,(H,61,73)(H,62,80)(H,64,74)(H,65,76)(H,66,81)(H,67,75)(H,68,77)(H,69,78)(H,70,82)/t39-,40-,41-,42-,45-/m0/s1. The molecule has 5 atom stereocenters. The van der Waals surface area contributed by atoms with Gasteiger partial charge >= 0.3 is 0 Å². The van der Waals surface area contributed by atoms with Gasteiger partial charge in [0.25, 0.3) is 12.3 Å². The lowest BCUT2D eigenvalue weighted by Crippen LogP contribution is -2.65. The zero-order valence-electron chi connectivity index (χ0n) is 51.7. The van der Waals surface area contributed by atoms with E-state index in [0.29, 0.717) is 37.6 Å². The number of carbonyl (C=O) groups excluding carboxylic acids is 10. The van der Waals surface area contributed by atoms with E-state index in [1.54, 1.807) is 6.92 Å². The molecule has 0 aromatic carbocycles. The fourth-order valence-electron chi connectivity index (χ4n) is 10.00. The quantitative estimate of drug-likeness (QED) is 0.0454. The molecule has 10 amide bonds. The molecule has 0 radical (unpaired) electrons. The van der Waals surface area contributed by atoms with Crippen molar-refractivity contribution in [3.8, 4) is 0 Å². The van der Waals surface area contributed by atoms with Gasteiger partial charge in [0.15, 0.2) is 11.6 Å². The van der Waals surface area contributed by atoms with Crippen LogP contribution in [0.1, 0.15) is 183 Å². The van der Waals surface area contributed by atoms with E-state index in [0.717, 1.165) is 32.1 Å². The number of rotatable bonds is 33. The smallest absolute Gasteiger partial charge is 0.277 e. The van der Waals surface area contributed by atoms with Gasteiger partial charge in [0.1, 0.15) is 53.1 Å². The maximum atomic E-state index is 14.4. The Balaban J connectivity index is 1.71. The highest BCUT2D eigenvalue weighted by Crippen LogP contribution is 2.30. The molecular formula is C58H98F2N12O11. The predicted molar refractivity (Wildman–Crippen MR) is 308 cm³/mol. The number of nitrogens with one attached hydrogen (secondary N) is 9. The van der Waals surface area contributed by atoms with E-state index >= 15 is 0 Å². The van der Waals surface area contributed by atoms with Crippen molar-refractivity contribution in [3.63, 3.8) is 0 Å². The van der Waals surface area contributed by atoms with Crippen LogP contribution in [-0.4, -0.2) is 161 Å². The summed E-state index contributed by atoms with van der Waals surface area (Å²) in [5.41, 5.74) is -4.71. The topological polar surface area (TPSA) is 311 Å². The monoisotopic (exact) mass is 1180 g/mol. The van der Waals surface area contributed by atoms with E-state index in [4.69, 9.17) is 4.42 Å². The van der Waals surface area contributed by atoms with Gasteiger partial charge in [-0.15, -0.1) is 0 Å². The van der Waals surface area contributed by atoms with Gasteiger partial charge in [-0.05, 0) is 117 Å². The number of carbonyl (C=O) groups is 10. The highest BCUT2D eigenvalue weighted by atomic mass is 19.3. The molecule has 1 saturated heterocycles. The van der Waals surface area contributed by atoms with E-state index in [9.17, 15) is 56.7 Å². The van der Waals surface area contributed by atoms with Crippen LogP contribution < -0.4 is 47.9 Å². The number of oxazole rings is 1. The van der Waals surface area contributed by atoms with Crippen molar-refractivity contribution >= 4 is 59.1 Å². The predicted octanol–water partition coefficient (Wildman–Crippen LogP) is 3.73. The average molecular weight is 1180 g/mol. The lowest BCUT2D eigenvalue weighted by Gasteiger charge is -2.34. The fraction of sp³-hybridized carbons (Fsp3) is 0.776. The van der Waals surface area contributed by atoms with Crippen LogP contribution in [0.25, 0.3) is 0 Å². The Kier molecular flexibility index (Phi) is 28.0. The van der Waals surface area contributed by atoms with Gasteiger partial charge < -0.3 is 57.2 Å². The lowest BCUT2D eigenvalue weighted by atomic mass is 9.83. The first kappa shape index (κ1) is 71.0. The Labute approximate surface area is 489 Å². The van der Waals surface area contributed by atoms with Crippen LogP contribution in [0.3, 0.4) is 0 Å². The first-order valence-corrected chi connectivity index (χ1v) is 29.6. The van der Waals surface area contributed by atoms with Gasteiger partial charge in [0.2, 0.25) is 53.2 Å². The maximum Gasteiger partial charge on any atom is 0.277 e. The van der Waals surface area contributed by atoms with Crippen LogP contribution >= 0.6 is 0 Å². The number of likely N-dealkylation sites (tertiary alicyclic amines) is 1. The molecule has 470 valence electrons. The van der Waals surface area contributed by atoms with Crippen molar-refractivity contribution in [1.82, 2.24) is 62.6 Å². The molecule has 9 N–H and O–H groups in total. The van der Waals surface area contributed by atoms with Crippen molar-refractivity contribution in [2.75, 3.05) is 39.8 Å². The van der Waals surface area contributed by atoms with Crippen LogP contribution in [0.15, 0.2) is 10.7 Å². The molecule has 0 bridgehead atoms. The van der Waals surface area contributed by atoms with E-state index in [2.05, 4.69) is 52.8 Å². The number of aryl methyl sites for hydroxylation is 1. The largest absolute Gasteiger partial charge is 0.448 e. The molecule has 2 heterocycles. The number of nitrogens with zero attached hydrogens (tertiary/aromatic N) is 3. The second kappa shape index (κ2) is 32.7. The van der Waals surface area contributed by atoms with Crippen molar-refractivity contribution in [3.05, 3.63) is 17.8 Å². The molecule has 1 aromatic rings. The summed E-state index contributed by atoms with van der Waals surface area (Å²) in [6.45, 7) is 21.5. The number of alkyl halides is 2. The molecule has 1 aliphatic carbocycles. The fourth-order valence-corrected chi connectivity index (χ4v) is 10.00. The van der Waals surface area contributed by atoms with Crippen LogP contribution in [0.2, 0.25) is 0 Å². The summed E-state index contributed by atoms with van der Waals surface area (Å²) in [4.78, 5) is 145. The van der Waals surface area contributed by atoms with Crippen LogP contribution in [0, 0.1) is 36.5 Å². The summed E-state index contributed by atoms with van der Waals surface area (Å²) in [7, 11) is 1.50. The van der Waals surface area contributed by atoms with Crippen molar-refractivity contribution in [1.29, 1.82) is 0 Å². The van der Waals surface area contributed by atoms with Crippen LogP contribution in [0.4, 0.5) is 8.78 Å². The highest BCUT2D eigenvalue weighted by Gasteiger charge is 2.42. The Morgan fingerprint density at radius 3 is 1.71 bits per heavy atom. The lowest BCUT2D eigenvalue weighted by molar-refractivity contribution is -0.140. The minimum absolute atomic E-state index is 0.0834. The SMILES string of the molecule is Cc1nc(C(=O)N2CCC[C@H]2NC(=O)[C@@H](CCC2CCCCC2)C(=O)N[C@@H](CC(C)C)C(=O)NC(C)(C)C(=O)N[C@@H](CC(C)C)C(=O)N[C@@H](CC(C)C)C(=O)NC(C)(C)C(=O)NC(C)(C)C(=O)NCCC(=O)NCCN(C)CC(F)F)co1. The molecule has 0 unspecified atom stereocenters. The summed E-state index contributed by atoms with van der Waals surface area (Å²) < 4.78 is 30.4. The van der Waals surface area contributed by atoms with Gasteiger partial charge in [-0.1, -0.05) is 73.6 Å². The van der Waals surface area contributed by atoms with Gasteiger partial charge in [0.05, 0.1) is 6.54 Å². The summed E-state index contributed by atoms with van der Waals surface area (Å²) in [6, 6.07) is -3.58. The van der Waals surface area contributed by atoms with E-state index in [-0.39, 0.29) is 75.2 Å². The second-order valence-corrected chi connectivity index (χ2v) is 25.4. The first-order chi connectivity index (χ1) is 38.6. The summed E-state index contributed by atoms with van der Waals surface area (Å²) in [5.74, 6) is -7.27. The van der Waals surface area contributed by atoms with Gasteiger partial charge in [-0.2, -0.15) is 0 Å². The van der Waals surface area contributed by atoms with Crippen molar-refractivity contribution in [2.24, 2.45) is 29.6 Å². The molecule has 2 fully saturated rings. The van der Waals surface area contributed by atoms with E-state index < -0.39 is 119 Å². The summed E-state index contributed by atoms with van der Waals surface area (Å²) in [6.07, 6.45) is 5.47. The zero-order valence-corrected chi connectivity index (χ0v) is 51.7. The maximum absolute atomic E-state index is 14.4. The zero-order chi connectivity index (χ0) is 62.6. The molecule has 3 rings (SSSR count). The molecule has 83 heavy (non-hydrogen) atoms. The Bertz CT molecular complexity index is 2370. The number of aromatic nitrogens is 1. The number of hydrogen-bond donors (Lipinski definition) is 9. The molecule has 2 aliphatic rings. The third-order valence-corrected chi connectivity index (χ3v) is 14.8. The Morgan fingerprint density at radius 2 is 1.18 bits per heavy atom. The molecule has 1 aliphatic heterocycles. The Morgan fingerprint density at radius 1 is 0.651 bits per heavy atom. The van der Waals surface area contributed by atoms with E-state index in [1.807, 2.05) is 41.5 Å². The third kappa shape index (κ3) is 24.1. The molecule has 23 nitrogen and oxygen atoms in total. The summed E-state index contributed by atoms with van der Waals surface area (Å²) in [5, 5.41) is 24.6. The van der Waals surface area contributed by atoms with Crippen molar-refractivity contribution < 1.29 is 61.1 Å². The molecule has 25 heteroatoms. The van der Waals surface area contributed by atoms with Crippen LogP contribution in [0.5, 0.6) is 0 Å². The average Bonchev–Trinajstić information content (AvgIpc) is 4.29. The Hall–Kier alpha value is -6.27. The second-order valence-electron chi connectivity index (χ2n) is 25.4.